The molecule has 1 aromatic heterocycles. The molecule has 4 nitrogen and oxygen atoms in total. The van der Waals surface area contributed by atoms with Crippen LogP contribution in [0.2, 0.25) is 0 Å². The van der Waals surface area contributed by atoms with Crippen molar-refractivity contribution in [2.45, 2.75) is 31.9 Å². The summed E-state index contributed by atoms with van der Waals surface area (Å²) in [7, 11) is 0. The fraction of sp³-hybridized carbons (Fsp3) is 0.429. The Morgan fingerprint density at radius 1 is 1.33 bits per heavy atom. The average molecular weight is 243 g/mol. The fourth-order valence-corrected chi connectivity index (χ4v) is 2.43. The first-order chi connectivity index (χ1) is 8.84. The molecular weight excluding hydrogens is 226 g/mol. The summed E-state index contributed by atoms with van der Waals surface area (Å²) in [5.74, 6) is 0.892. The van der Waals surface area contributed by atoms with Gasteiger partial charge >= 0.3 is 0 Å². The second kappa shape index (κ2) is 4.90. The standard InChI is InChI=1S/C14H17N3O/c1-10(13-7-4-8-18-13)17-14-11-5-2-3-6-12(11)15-9-16-14/h2-3,5-6,9-10,13H,4,7-8H2,1H3,(H,15,16,17)/t10-,13+/m1/s1. The highest BCUT2D eigenvalue weighted by molar-refractivity contribution is 5.88. The summed E-state index contributed by atoms with van der Waals surface area (Å²) in [6.45, 7) is 3.02. The van der Waals surface area contributed by atoms with Crippen molar-refractivity contribution in [3.63, 3.8) is 0 Å². The van der Waals surface area contributed by atoms with Crippen molar-refractivity contribution in [2.75, 3.05) is 11.9 Å². The minimum Gasteiger partial charge on any atom is -0.376 e. The Labute approximate surface area is 106 Å². The van der Waals surface area contributed by atoms with E-state index in [1.54, 1.807) is 6.33 Å². The van der Waals surface area contributed by atoms with E-state index in [-0.39, 0.29) is 6.04 Å². The van der Waals surface area contributed by atoms with E-state index >= 15 is 0 Å². The number of benzene rings is 1. The lowest BCUT2D eigenvalue weighted by molar-refractivity contribution is 0.0996. The van der Waals surface area contributed by atoms with Crippen molar-refractivity contribution >= 4 is 16.7 Å². The smallest absolute Gasteiger partial charge is 0.137 e. The minimum absolute atomic E-state index is 0.269. The van der Waals surface area contributed by atoms with Crippen LogP contribution in [0.3, 0.4) is 0 Å². The molecule has 0 radical (unpaired) electrons. The highest BCUT2D eigenvalue weighted by Crippen LogP contribution is 2.22. The monoisotopic (exact) mass is 243 g/mol. The zero-order valence-electron chi connectivity index (χ0n) is 10.5. The zero-order chi connectivity index (χ0) is 12.4. The SMILES string of the molecule is C[C@@H](Nc1ncnc2ccccc12)[C@@H]1CCCO1. The molecule has 1 aromatic carbocycles. The summed E-state index contributed by atoms with van der Waals surface area (Å²) in [6.07, 6.45) is 4.17. The van der Waals surface area contributed by atoms with Gasteiger partial charge in [-0.25, -0.2) is 9.97 Å². The number of aromatic nitrogens is 2. The third-order valence-corrected chi connectivity index (χ3v) is 3.43. The molecule has 18 heavy (non-hydrogen) atoms. The third-order valence-electron chi connectivity index (χ3n) is 3.43. The maximum atomic E-state index is 5.69. The number of anilines is 1. The summed E-state index contributed by atoms with van der Waals surface area (Å²) < 4.78 is 5.69. The van der Waals surface area contributed by atoms with Gasteiger partial charge in [0.25, 0.3) is 0 Å². The van der Waals surface area contributed by atoms with Gasteiger partial charge in [-0.1, -0.05) is 12.1 Å². The van der Waals surface area contributed by atoms with Crippen LogP contribution in [-0.4, -0.2) is 28.7 Å². The van der Waals surface area contributed by atoms with Gasteiger partial charge in [-0.05, 0) is 31.9 Å². The predicted molar refractivity (Wildman–Crippen MR) is 71.6 cm³/mol. The number of hydrogen-bond acceptors (Lipinski definition) is 4. The molecule has 0 amide bonds. The number of para-hydroxylation sites is 1. The molecular formula is C14H17N3O. The number of rotatable bonds is 3. The molecule has 94 valence electrons. The summed E-state index contributed by atoms with van der Waals surface area (Å²) in [6, 6.07) is 8.31. The summed E-state index contributed by atoms with van der Waals surface area (Å²) in [5.41, 5.74) is 0.967. The second-order valence-electron chi connectivity index (χ2n) is 4.72. The van der Waals surface area contributed by atoms with Crippen LogP contribution in [0.4, 0.5) is 5.82 Å². The fourth-order valence-electron chi connectivity index (χ4n) is 2.43. The Kier molecular flexibility index (Phi) is 3.11. The number of hydrogen-bond donors (Lipinski definition) is 1. The molecule has 0 saturated carbocycles. The molecule has 1 saturated heterocycles. The molecule has 2 atom stereocenters. The summed E-state index contributed by atoms with van der Waals surface area (Å²) in [4.78, 5) is 8.60. The van der Waals surface area contributed by atoms with E-state index in [4.69, 9.17) is 4.74 Å². The van der Waals surface area contributed by atoms with Crippen molar-refractivity contribution in [1.82, 2.24) is 9.97 Å². The van der Waals surface area contributed by atoms with Gasteiger partial charge in [-0.2, -0.15) is 0 Å². The molecule has 1 aliphatic rings. The molecule has 2 aromatic rings. The van der Waals surface area contributed by atoms with E-state index in [9.17, 15) is 0 Å². The number of ether oxygens (including phenoxy) is 1. The van der Waals surface area contributed by atoms with Gasteiger partial charge in [0.1, 0.15) is 12.1 Å². The molecule has 0 aliphatic carbocycles. The summed E-state index contributed by atoms with van der Waals surface area (Å²) >= 11 is 0. The van der Waals surface area contributed by atoms with Crippen LogP contribution in [0.25, 0.3) is 10.9 Å². The van der Waals surface area contributed by atoms with Gasteiger partial charge in [0.15, 0.2) is 0 Å². The first-order valence-corrected chi connectivity index (χ1v) is 6.42. The van der Waals surface area contributed by atoms with Gasteiger partial charge in [-0.15, -0.1) is 0 Å². The molecule has 1 N–H and O–H groups in total. The van der Waals surface area contributed by atoms with Crippen molar-refractivity contribution < 1.29 is 4.74 Å². The third kappa shape index (κ3) is 2.16. The molecule has 2 heterocycles. The lowest BCUT2D eigenvalue weighted by Gasteiger charge is -2.21. The maximum absolute atomic E-state index is 5.69. The van der Waals surface area contributed by atoms with Crippen LogP contribution in [0.5, 0.6) is 0 Å². The molecule has 0 bridgehead atoms. The van der Waals surface area contributed by atoms with Crippen LogP contribution < -0.4 is 5.32 Å². The molecule has 1 fully saturated rings. The Hall–Kier alpha value is -1.68. The van der Waals surface area contributed by atoms with E-state index in [2.05, 4.69) is 22.2 Å². The van der Waals surface area contributed by atoms with E-state index in [1.165, 1.54) is 0 Å². The van der Waals surface area contributed by atoms with E-state index < -0.39 is 0 Å². The number of nitrogens with zero attached hydrogens (tertiary/aromatic N) is 2. The normalized spacial score (nSPS) is 21.1. The summed E-state index contributed by atoms with van der Waals surface area (Å²) in [5, 5.41) is 4.51. The Morgan fingerprint density at radius 2 is 2.22 bits per heavy atom. The van der Waals surface area contributed by atoms with E-state index in [0.717, 1.165) is 36.2 Å². The van der Waals surface area contributed by atoms with Crippen LogP contribution in [0.1, 0.15) is 19.8 Å². The van der Waals surface area contributed by atoms with E-state index in [0.29, 0.717) is 6.10 Å². The lowest BCUT2D eigenvalue weighted by Crippen LogP contribution is -2.30. The van der Waals surface area contributed by atoms with Crippen molar-refractivity contribution in [1.29, 1.82) is 0 Å². The Balaban J connectivity index is 1.85. The highest BCUT2D eigenvalue weighted by Gasteiger charge is 2.22. The quantitative estimate of drug-likeness (QED) is 0.900. The van der Waals surface area contributed by atoms with Crippen LogP contribution in [0, 0.1) is 0 Å². The van der Waals surface area contributed by atoms with Gasteiger partial charge < -0.3 is 10.1 Å². The van der Waals surface area contributed by atoms with Crippen molar-refractivity contribution in [2.24, 2.45) is 0 Å². The Morgan fingerprint density at radius 3 is 3.06 bits per heavy atom. The topological polar surface area (TPSA) is 47.0 Å². The predicted octanol–water partition coefficient (Wildman–Crippen LogP) is 2.61. The van der Waals surface area contributed by atoms with Gasteiger partial charge in [0.05, 0.1) is 17.7 Å². The highest BCUT2D eigenvalue weighted by atomic mass is 16.5. The van der Waals surface area contributed by atoms with Gasteiger partial charge in [0, 0.05) is 12.0 Å². The Bertz CT molecular complexity index is 532. The maximum Gasteiger partial charge on any atom is 0.137 e. The van der Waals surface area contributed by atoms with Crippen LogP contribution in [-0.2, 0) is 4.74 Å². The molecule has 4 heteroatoms. The zero-order valence-corrected chi connectivity index (χ0v) is 10.5. The van der Waals surface area contributed by atoms with Crippen molar-refractivity contribution in [3.05, 3.63) is 30.6 Å². The minimum atomic E-state index is 0.269. The average Bonchev–Trinajstić information content (AvgIpc) is 2.93. The lowest BCUT2D eigenvalue weighted by atomic mass is 10.1. The van der Waals surface area contributed by atoms with E-state index in [1.807, 2.05) is 24.3 Å². The first kappa shape index (κ1) is 11.4. The molecule has 1 aliphatic heterocycles. The van der Waals surface area contributed by atoms with Crippen LogP contribution >= 0.6 is 0 Å². The van der Waals surface area contributed by atoms with Crippen molar-refractivity contribution in [3.8, 4) is 0 Å². The molecule has 3 rings (SSSR count). The molecule has 0 spiro atoms. The van der Waals surface area contributed by atoms with Gasteiger partial charge in [0.2, 0.25) is 0 Å². The largest absolute Gasteiger partial charge is 0.376 e. The van der Waals surface area contributed by atoms with Crippen LogP contribution in [0.15, 0.2) is 30.6 Å². The number of fused-ring (bicyclic) bond motifs is 1. The second-order valence-corrected chi connectivity index (χ2v) is 4.72. The van der Waals surface area contributed by atoms with Gasteiger partial charge in [-0.3, -0.25) is 0 Å². The molecule has 0 unspecified atom stereocenters. The first-order valence-electron chi connectivity index (χ1n) is 6.42. The number of nitrogens with one attached hydrogen (secondary N) is 1.